The number of carbonyl (C=O) groups is 1. The number of amides is 1. The van der Waals surface area contributed by atoms with Crippen LogP contribution in [0.1, 0.15) is 28.2 Å². The highest BCUT2D eigenvalue weighted by Gasteiger charge is 2.21. The predicted molar refractivity (Wildman–Crippen MR) is 112 cm³/mol. The van der Waals surface area contributed by atoms with Crippen LogP contribution in [0.2, 0.25) is 0 Å². The third kappa shape index (κ3) is 4.90. The molecule has 1 aromatic carbocycles. The number of aromatic nitrogens is 2. The highest BCUT2D eigenvalue weighted by molar-refractivity contribution is 7.98. The predicted octanol–water partition coefficient (Wildman–Crippen LogP) is 3.45. The summed E-state index contributed by atoms with van der Waals surface area (Å²) in [6, 6.07) is 15.9. The molecule has 0 saturated carbocycles. The summed E-state index contributed by atoms with van der Waals surface area (Å²) in [5, 5.41) is 3.45. The molecule has 142 valence electrons. The third-order valence-corrected chi connectivity index (χ3v) is 5.13. The minimum atomic E-state index is -0.0523. The quantitative estimate of drug-likeness (QED) is 0.576. The summed E-state index contributed by atoms with van der Waals surface area (Å²) in [7, 11) is 1.83. The molecular weight excluding hydrogens is 356 g/mol. The average Bonchev–Trinajstić information content (AvgIpc) is 3.06. The second-order valence-electron chi connectivity index (χ2n) is 6.51. The molecule has 0 atom stereocenters. The van der Waals surface area contributed by atoms with E-state index < -0.39 is 0 Å². The van der Waals surface area contributed by atoms with Gasteiger partial charge in [0.15, 0.2) is 5.69 Å². The number of nitrogens with one attached hydrogen (secondary N) is 1. The minimum Gasteiger partial charge on any atom is -0.336 e. The lowest BCUT2D eigenvalue weighted by Gasteiger charge is -2.17. The van der Waals surface area contributed by atoms with E-state index in [1.807, 2.05) is 77.9 Å². The Morgan fingerprint density at radius 2 is 1.96 bits per heavy atom. The first-order valence-corrected chi connectivity index (χ1v) is 10.5. The summed E-state index contributed by atoms with van der Waals surface area (Å²) in [6.45, 7) is 2.11. The second kappa shape index (κ2) is 9.58. The standard InChI is InChI=1S/C21H26N4OS/c1-24(16-17-9-4-3-5-10-17)21(26)20-18(15-22-12-8-14-27-2)25-13-7-6-11-19(25)23-20/h3-7,9-11,13,22H,8,12,14-16H2,1-2H3. The van der Waals surface area contributed by atoms with Crippen LogP contribution in [0, 0.1) is 0 Å². The van der Waals surface area contributed by atoms with Crippen LogP contribution in [0.3, 0.4) is 0 Å². The van der Waals surface area contributed by atoms with Crippen molar-refractivity contribution in [3.8, 4) is 0 Å². The number of carbonyl (C=O) groups excluding carboxylic acids is 1. The van der Waals surface area contributed by atoms with Crippen molar-refractivity contribution in [1.29, 1.82) is 0 Å². The Labute approximate surface area is 164 Å². The Hall–Kier alpha value is -2.31. The van der Waals surface area contributed by atoms with Crippen molar-refractivity contribution in [2.24, 2.45) is 0 Å². The first kappa shape index (κ1) is 19.5. The molecule has 0 radical (unpaired) electrons. The van der Waals surface area contributed by atoms with E-state index in [-0.39, 0.29) is 5.91 Å². The highest BCUT2D eigenvalue weighted by Crippen LogP contribution is 2.16. The zero-order valence-corrected chi connectivity index (χ0v) is 16.7. The molecule has 2 heterocycles. The number of benzene rings is 1. The Morgan fingerprint density at radius 1 is 1.19 bits per heavy atom. The van der Waals surface area contributed by atoms with Crippen LogP contribution < -0.4 is 5.32 Å². The Bertz CT molecular complexity index is 878. The maximum atomic E-state index is 13.1. The number of hydrogen-bond acceptors (Lipinski definition) is 4. The second-order valence-corrected chi connectivity index (χ2v) is 7.49. The topological polar surface area (TPSA) is 49.6 Å². The zero-order chi connectivity index (χ0) is 19.1. The van der Waals surface area contributed by atoms with E-state index in [2.05, 4.69) is 16.6 Å². The fourth-order valence-corrected chi connectivity index (χ4v) is 3.48. The van der Waals surface area contributed by atoms with Crippen molar-refractivity contribution in [2.45, 2.75) is 19.5 Å². The molecule has 1 N–H and O–H groups in total. The van der Waals surface area contributed by atoms with E-state index >= 15 is 0 Å². The van der Waals surface area contributed by atoms with Crippen molar-refractivity contribution >= 4 is 23.3 Å². The molecule has 3 rings (SSSR count). The van der Waals surface area contributed by atoms with Gasteiger partial charge >= 0.3 is 0 Å². The van der Waals surface area contributed by atoms with Gasteiger partial charge in [-0.15, -0.1) is 0 Å². The summed E-state index contributed by atoms with van der Waals surface area (Å²) in [4.78, 5) is 19.4. The van der Waals surface area contributed by atoms with Gasteiger partial charge in [-0.2, -0.15) is 11.8 Å². The van der Waals surface area contributed by atoms with Gasteiger partial charge in [-0.3, -0.25) is 4.79 Å². The molecule has 2 aromatic heterocycles. The average molecular weight is 383 g/mol. The summed E-state index contributed by atoms with van der Waals surface area (Å²) in [5.74, 6) is 1.08. The molecule has 5 nitrogen and oxygen atoms in total. The van der Waals surface area contributed by atoms with Crippen LogP contribution in [-0.4, -0.2) is 45.8 Å². The zero-order valence-electron chi connectivity index (χ0n) is 15.9. The van der Waals surface area contributed by atoms with E-state index in [4.69, 9.17) is 0 Å². The summed E-state index contributed by atoms with van der Waals surface area (Å²) >= 11 is 1.85. The largest absolute Gasteiger partial charge is 0.336 e. The van der Waals surface area contributed by atoms with E-state index in [0.29, 0.717) is 18.8 Å². The van der Waals surface area contributed by atoms with E-state index in [9.17, 15) is 4.79 Å². The van der Waals surface area contributed by atoms with Gasteiger partial charge in [-0.1, -0.05) is 36.4 Å². The minimum absolute atomic E-state index is 0.0523. The van der Waals surface area contributed by atoms with Gasteiger partial charge in [-0.05, 0) is 42.7 Å². The Morgan fingerprint density at radius 3 is 2.74 bits per heavy atom. The molecule has 1 amide bonds. The van der Waals surface area contributed by atoms with E-state index in [1.165, 1.54) is 0 Å². The molecule has 0 spiro atoms. The van der Waals surface area contributed by atoms with Gasteiger partial charge < -0.3 is 14.6 Å². The van der Waals surface area contributed by atoms with Crippen LogP contribution in [0.5, 0.6) is 0 Å². The number of nitrogens with zero attached hydrogens (tertiary/aromatic N) is 3. The fourth-order valence-electron chi connectivity index (χ4n) is 3.04. The van der Waals surface area contributed by atoms with Crippen molar-refractivity contribution in [2.75, 3.05) is 25.6 Å². The Balaban J connectivity index is 1.79. The molecule has 3 aromatic rings. The highest BCUT2D eigenvalue weighted by atomic mass is 32.2. The molecular formula is C21H26N4OS. The van der Waals surface area contributed by atoms with E-state index in [1.54, 1.807) is 4.90 Å². The first-order chi connectivity index (χ1) is 13.2. The van der Waals surface area contributed by atoms with Crippen LogP contribution in [0.25, 0.3) is 5.65 Å². The lowest BCUT2D eigenvalue weighted by atomic mass is 10.2. The van der Waals surface area contributed by atoms with Gasteiger partial charge in [0.05, 0.1) is 5.69 Å². The summed E-state index contributed by atoms with van der Waals surface area (Å²) in [5.41, 5.74) is 3.35. The summed E-state index contributed by atoms with van der Waals surface area (Å²) < 4.78 is 2.01. The number of imidazole rings is 1. The SMILES string of the molecule is CSCCCNCc1c(C(=O)N(C)Cc2ccccc2)nc2ccccn12. The third-order valence-electron chi connectivity index (χ3n) is 4.44. The van der Waals surface area contributed by atoms with Crippen molar-refractivity contribution < 1.29 is 4.79 Å². The fraction of sp³-hybridized carbons (Fsp3) is 0.333. The lowest BCUT2D eigenvalue weighted by Crippen LogP contribution is -2.28. The van der Waals surface area contributed by atoms with Crippen LogP contribution in [-0.2, 0) is 13.1 Å². The van der Waals surface area contributed by atoms with Gasteiger partial charge in [0.2, 0.25) is 0 Å². The van der Waals surface area contributed by atoms with Gasteiger partial charge in [0.1, 0.15) is 5.65 Å². The van der Waals surface area contributed by atoms with E-state index in [0.717, 1.165) is 35.6 Å². The number of pyridine rings is 1. The molecule has 27 heavy (non-hydrogen) atoms. The Kier molecular flexibility index (Phi) is 6.90. The van der Waals surface area contributed by atoms with Crippen LogP contribution in [0.4, 0.5) is 0 Å². The molecule has 0 saturated heterocycles. The van der Waals surface area contributed by atoms with Crippen molar-refractivity contribution in [3.63, 3.8) is 0 Å². The summed E-state index contributed by atoms with van der Waals surface area (Å²) in [6.07, 6.45) is 5.19. The van der Waals surface area contributed by atoms with Gasteiger partial charge in [0, 0.05) is 26.3 Å². The number of hydrogen-bond donors (Lipinski definition) is 1. The van der Waals surface area contributed by atoms with Gasteiger partial charge in [0.25, 0.3) is 5.91 Å². The normalized spacial score (nSPS) is 11.0. The van der Waals surface area contributed by atoms with Crippen LogP contribution in [0.15, 0.2) is 54.7 Å². The van der Waals surface area contributed by atoms with Crippen molar-refractivity contribution in [1.82, 2.24) is 19.6 Å². The maximum Gasteiger partial charge on any atom is 0.274 e. The maximum absolute atomic E-state index is 13.1. The molecule has 0 fully saturated rings. The molecule has 6 heteroatoms. The molecule has 0 aliphatic rings. The number of fused-ring (bicyclic) bond motifs is 1. The molecule has 0 bridgehead atoms. The molecule has 0 aliphatic heterocycles. The lowest BCUT2D eigenvalue weighted by molar-refractivity contribution is 0.0778. The number of thioether (sulfide) groups is 1. The number of rotatable bonds is 9. The van der Waals surface area contributed by atoms with Crippen molar-refractivity contribution in [3.05, 3.63) is 71.7 Å². The first-order valence-electron chi connectivity index (χ1n) is 9.15. The molecule has 0 unspecified atom stereocenters. The smallest absolute Gasteiger partial charge is 0.274 e. The molecule has 0 aliphatic carbocycles. The van der Waals surface area contributed by atoms with Crippen LogP contribution >= 0.6 is 11.8 Å². The monoisotopic (exact) mass is 382 g/mol. The van der Waals surface area contributed by atoms with Gasteiger partial charge in [-0.25, -0.2) is 4.98 Å².